The highest BCUT2D eigenvalue weighted by atomic mass is 16.5. The van der Waals surface area contributed by atoms with Gasteiger partial charge in [-0.2, -0.15) is 0 Å². The predicted molar refractivity (Wildman–Crippen MR) is 67.9 cm³/mol. The normalized spacial score (nSPS) is 24.5. The van der Waals surface area contributed by atoms with Crippen LogP contribution in [0.5, 0.6) is 0 Å². The van der Waals surface area contributed by atoms with Crippen molar-refractivity contribution in [3.8, 4) is 0 Å². The second-order valence-electron chi connectivity index (χ2n) is 4.78. The molecule has 0 aliphatic heterocycles. The first-order valence-electron chi connectivity index (χ1n) is 6.49. The van der Waals surface area contributed by atoms with E-state index in [2.05, 4.69) is 24.3 Å². The first-order chi connectivity index (χ1) is 8.38. The highest BCUT2D eigenvalue weighted by Crippen LogP contribution is 2.24. The summed E-state index contributed by atoms with van der Waals surface area (Å²) in [7, 11) is 0. The molecule has 1 aromatic rings. The molecule has 0 aromatic heterocycles. The number of rotatable bonds is 5. The van der Waals surface area contributed by atoms with Crippen molar-refractivity contribution in [2.75, 3.05) is 6.61 Å². The summed E-state index contributed by atoms with van der Waals surface area (Å²) in [6.45, 7) is 0.792. The number of hydrogen-bond donors (Lipinski definition) is 0. The zero-order chi connectivity index (χ0) is 11.9. The lowest BCUT2D eigenvalue weighted by atomic mass is 9.88. The number of carbonyl (C=O) groups excluding carboxylic acids is 1. The molecule has 0 saturated heterocycles. The Morgan fingerprint density at radius 3 is 2.47 bits per heavy atom. The quantitative estimate of drug-likeness (QED) is 0.729. The third kappa shape index (κ3) is 3.97. The highest BCUT2D eigenvalue weighted by Gasteiger charge is 2.20. The molecule has 2 rings (SSSR count). The number of ether oxygens (including phenoxy) is 1. The molecule has 0 atom stereocenters. The van der Waals surface area contributed by atoms with Crippen LogP contribution in [0.4, 0.5) is 0 Å². The Balaban J connectivity index is 1.65. The van der Waals surface area contributed by atoms with E-state index in [1.54, 1.807) is 0 Å². The molecule has 0 spiro atoms. The monoisotopic (exact) mass is 232 g/mol. The van der Waals surface area contributed by atoms with E-state index >= 15 is 0 Å². The lowest BCUT2D eigenvalue weighted by molar-refractivity contribution is -0.112. The Hall–Kier alpha value is -1.15. The summed E-state index contributed by atoms with van der Waals surface area (Å²) < 4.78 is 5.86. The third-order valence-corrected chi connectivity index (χ3v) is 3.50. The van der Waals surface area contributed by atoms with Gasteiger partial charge in [0.05, 0.1) is 12.7 Å². The molecule has 1 aromatic carbocycles. The van der Waals surface area contributed by atoms with Crippen molar-refractivity contribution in [2.45, 2.75) is 38.2 Å². The van der Waals surface area contributed by atoms with Gasteiger partial charge in [0.2, 0.25) is 0 Å². The SMILES string of the molecule is O=C[C@H]1CC[C@H](OCCc2ccccc2)CC1. The minimum absolute atomic E-state index is 0.281. The van der Waals surface area contributed by atoms with Crippen molar-refractivity contribution in [2.24, 2.45) is 5.92 Å². The molecular weight excluding hydrogens is 212 g/mol. The van der Waals surface area contributed by atoms with E-state index in [1.165, 1.54) is 5.56 Å². The van der Waals surface area contributed by atoms with E-state index in [0.717, 1.165) is 45.0 Å². The van der Waals surface area contributed by atoms with Crippen LogP contribution in [0.2, 0.25) is 0 Å². The van der Waals surface area contributed by atoms with Gasteiger partial charge in [0.1, 0.15) is 6.29 Å². The van der Waals surface area contributed by atoms with Crippen LogP contribution in [0.15, 0.2) is 30.3 Å². The Morgan fingerprint density at radius 1 is 1.12 bits per heavy atom. The molecule has 2 nitrogen and oxygen atoms in total. The van der Waals surface area contributed by atoms with Gasteiger partial charge in [-0.1, -0.05) is 30.3 Å². The van der Waals surface area contributed by atoms with Crippen LogP contribution >= 0.6 is 0 Å². The molecule has 2 heteroatoms. The maximum atomic E-state index is 10.6. The standard InChI is InChI=1S/C15H20O2/c16-12-14-6-8-15(9-7-14)17-11-10-13-4-2-1-3-5-13/h1-5,12,14-15H,6-11H2/t14-,15-. The van der Waals surface area contributed by atoms with E-state index in [1.807, 2.05) is 6.07 Å². The second kappa shape index (κ2) is 6.55. The molecule has 0 bridgehead atoms. The predicted octanol–water partition coefficient (Wildman–Crippen LogP) is 3.00. The maximum Gasteiger partial charge on any atom is 0.123 e. The van der Waals surface area contributed by atoms with E-state index in [0.29, 0.717) is 6.10 Å². The fraction of sp³-hybridized carbons (Fsp3) is 0.533. The first-order valence-corrected chi connectivity index (χ1v) is 6.49. The molecule has 1 aliphatic rings. The Kier molecular flexibility index (Phi) is 4.75. The van der Waals surface area contributed by atoms with Crippen LogP contribution in [0.3, 0.4) is 0 Å². The summed E-state index contributed by atoms with van der Waals surface area (Å²) in [5.41, 5.74) is 1.33. The Labute approximate surface area is 103 Å². The summed E-state index contributed by atoms with van der Waals surface area (Å²) in [5, 5.41) is 0. The van der Waals surface area contributed by atoms with Crippen molar-refractivity contribution < 1.29 is 9.53 Å². The lowest BCUT2D eigenvalue weighted by Crippen LogP contribution is -2.23. The van der Waals surface area contributed by atoms with Crippen molar-refractivity contribution in [1.29, 1.82) is 0 Å². The minimum atomic E-state index is 0.281. The van der Waals surface area contributed by atoms with Gasteiger partial charge in [-0.15, -0.1) is 0 Å². The van der Waals surface area contributed by atoms with Gasteiger partial charge in [-0.05, 0) is 37.7 Å². The second-order valence-corrected chi connectivity index (χ2v) is 4.78. The average molecular weight is 232 g/mol. The summed E-state index contributed by atoms with van der Waals surface area (Å²) in [6.07, 6.45) is 6.53. The summed E-state index contributed by atoms with van der Waals surface area (Å²) >= 11 is 0. The molecule has 17 heavy (non-hydrogen) atoms. The van der Waals surface area contributed by atoms with Crippen LogP contribution in [0.25, 0.3) is 0 Å². The highest BCUT2D eigenvalue weighted by molar-refractivity contribution is 5.53. The fourth-order valence-electron chi connectivity index (χ4n) is 2.38. The van der Waals surface area contributed by atoms with Gasteiger partial charge in [-0.3, -0.25) is 0 Å². The zero-order valence-electron chi connectivity index (χ0n) is 10.2. The van der Waals surface area contributed by atoms with E-state index in [4.69, 9.17) is 4.74 Å². The third-order valence-electron chi connectivity index (χ3n) is 3.50. The van der Waals surface area contributed by atoms with Crippen molar-refractivity contribution >= 4 is 6.29 Å². The zero-order valence-corrected chi connectivity index (χ0v) is 10.2. The van der Waals surface area contributed by atoms with Crippen LogP contribution in [-0.4, -0.2) is 19.0 Å². The Bertz CT molecular complexity index is 326. The van der Waals surface area contributed by atoms with E-state index < -0.39 is 0 Å². The Morgan fingerprint density at radius 2 is 1.82 bits per heavy atom. The number of benzene rings is 1. The largest absolute Gasteiger partial charge is 0.378 e. The van der Waals surface area contributed by atoms with Crippen LogP contribution in [0, 0.1) is 5.92 Å². The van der Waals surface area contributed by atoms with Crippen molar-refractivity contribution in [1.82, 2.24) is 0 Å². The first kappa shape index (κ1) is 12.3. The molecule has 1 aliphatic carbocycles. The molecule has 1 saturated carbocycles. The van der Waals surface area contributed by atoms with Gasteiger partial charge in [0, 0.05) is 5.92 Å². The van der Waals surface area contributed by atoms with Gasteiger partial charge in [0.25, 0.3) is 0 Å². The number of hydrogen-bond acceptors (Lipinski definition) is 2. The van der Waals surface area contributed by atoms with E-state index in [-0.39, 0.29) is 5.92 Å². The smallest absolute Gasteiger partial charge is 0.123 e. The number of carbonyl (C=O) groups is 1. The van der Waals surface area contributed by atoms with E-state index in [9.17, 15) is 4.79 Å². The van der Waals surface area contributed by atoms with Crippen LogP contribution in [0.1, 0.15) is 31.2 Å². The van der Waals surface area contributed by atoms with Crippen molar-refractivity contribution in [3.63, 3.8) is 0 Å². The van der Waals surface area contributed by atoms with Gasteiger partial charge < -0.3 is 9.53 Å². The lowest BCUT2D eigenvalue weighted by Gasteiger charge is -2.25. The van der Waals surface area contributed by atoms with Gasteiger partial charge in [-0.25, -0.2) is 0 Å². The fourth-order valence-corrected chi connectivity index (χ4v) is 2.38. The minimum Gasteiger partial charge on any atom is -0.378 e. The number of aldehydes is 1. The molecule has 1 fully saturated rings. The molecule has 0 N–H and O–H groups in total. The molecule has 0 amide bonds. The molecule has 0 unspecified atom stereocenters. The summed E-state index contributed by atoms with van der Waals surface area (Å²) in [5.74, 6) is 0.281. The van der Waals surface area contributed by atoms with Crippen LogP contribution in [-0.2, 0) is 16.0 Å². The molecule has 0 radical (unpaired) electrons. The van der Waals surface area contributed by atoms with Gasteiger partial charge in [0.15, 0.2) is 0 Å². The van der Waals surface area contributed by atoms with Crippen molar-refractivity contribution in [3.05, 3.63) is 35.9 Å². The van der Waals surface area contributed by atoms with Gasteiger partial charge >= 0.3 is 0 Å². The molecule has 0 heterocycles. The molecule has 92 valence electrons. The summed E-state index contributed by atoms with van der Waals surface area (Å²) in [4.78, 5) is 10.6. The van der Waals surface area contributed by atoms with Crippen LogP contribution < -0.4 is 0 Å². The molecular formula is C15H20O2. The summed E-state index contributed by atoms with van der Waals surface area (Å²) in [6, 6.07) is 10.4. The topological polar surface area (TPSA) is 26.3 Å². The average Bonchev–Trinajstić information content (AvgIpc) is 2.41. The maximum absolute atomic E-state index is 10.6.